The first kappa shape index (κ1) is 17.8. The summed E-state index contributed by atoms with van der Waals surface area (Å²) in [5.41, 5.74) is 0.819. The van der Waals surface area contributed by atoms with Crippen LogP contribution >= 0.6 is 26.6 Å². The fourth-order valence-electron chi connectivity index (χ4n) is 0.767. The second kappa shape index (κ2) is 7.39. The molecule has 0 atom stereocenters. The van der Waals surface area contributed by atoms with Crippen molar-refractivity contribution in [3.8, 4) is 0 Å². The predicted molar refractivity (Wildman–Crippen MR) is 74.3 cm³/mol. The summed E-state index contributed by atoms with van der Waals surface area (Å²) in [6, 6.07) is 1.81. The Morgan fingerprint density at radius 2 is 1.78 bits per heavy atom. The Kier molecular flexibility index (Phi) is 7.30. The molecule has 0 aliphatic heterocycles. The second-order valence-electron chi connectivity index (χ2n) is 3.29. The molecule has 18 heavy (non-hydrogen) atoms. The van der Waals surface area contributed by atoms with E-state index < -0.39 is 19.1 Å². The highest BCUT2D eigenvalue weighted by Crippen LogP contribution is 2.09. The summed E-state index contributed by atoms with van der Waals surface area (Å²) in [5, 5.41) is 0. The van der Waals surface area contributed by atoms with Gasteiger partial charge < -0.3 is 0 Å². The van der Waals surface area contributed by atoms with Gasteiger partial charge in [-0.3, -0.25) is 4.98 Å². The summed E-state index contributed by atoms with van der Waals surface area (Å²) < 4.78 is 43.5. The third-order valence-corrected chi connectivity index (χ3v) is 2.40. The summed E-state index contributed by atoms with van der Waals surface area (Å²) in [7, 11) is -1.82. The van der Waals surface area contributed by atoms with Crippen molar-refractivity contribution < 1.29 is 16.8 Å². The summed E-state index contributed by atoms with van der Waals surface area (Å²) in [4.78, 5) is 3.90. The van der Waals surface area contributed by atoms with Crippen molar-refractivity contribution in [2.24, 2.45) is 0 Å². The Morgan fingerprint density at radius 3 is 2.17 bits per heavy atom. The molecule has 0 bridgehead atoms. The summed E-state index contributed by atoms with van der Waals surface area (Å²) >= 11 is 3.24. The van der Waals surface area contributed by atoms with E-state index in [2.05, 4.69) is 36.3 Å². The predicted octanol–water partition coefficient (Wildman–Crippen LogP) is 1.08. The molecule has 0 radical (unpaired) electrons. The van der Waals surface area contributed by atoms with Gasteiger partial charge >= 0.3 is 0 Å². The first-order chi connectivity index (χ1) is 7.97. The Morgan fingerprint density at radius 1 is 1.28 bits per heavy atom. The molecule has 104 valence electrons. The maximum Gasteiger partial charge on any atom is 0.229 e. The zero-order valence-corrected chi connectivity index (χ0v) is 13.6. The fourth-order valence-corrected chi connectivity index (χ4v) is 1.61. The largest absolute Gasteiger partial charge is 0.263 e. The van der Waals surface area contributed by atoms with Gasteiger partial charge in [0.05, 0.1) is 12.5 Å². The smallest absolute Gasteiger partial charge is 0.229 e. The zero-order chi connectivity index (χ0) is 14.4. The van der Waals surface area contributed by atoms with Crippen molar-refractivity contribution >= 4 is 45.7 Å². The molecule has 0 fully saturated rings. The molecule has 0 aliphatic rings. The molecular weight excluding hydrogens is 368 g/mol. The zero-order valence-electron chi connectivity index (χ0n) is 9.59. The highest BCUT2D eigenvalue weighted by molar-refractivity contribution is 9.10. The SMILES string of the molecule is CS(=O)(=O)Cl.CS(=O)(=O)NCc1cncc(Br)c1. The molecule has 1 N–H and O–H groups in total. The lowest BCUT2D eigenvalue weighted by atomic mass is 10.3. The minimum Gasteiger partial charge on any atom is -0.263 e. The van der Waals surface area contributed by atoms with E-state index in [0.29, 0.717) is 0 Å². The highest BCUT2D eigenvalue weighted by Gasteiger charge is 2.00. The van der Waals surface area contributed by atoms with E-state index in [1.807, 2.05) is 6.07 Å². The van der Waals surface area contributed by atoms with E-state index in [1.165, 1.54) is 0 Å². The van der Waals surface area contributed by atoms with Gasteiger partial charge in [0.2, 0.25) is 19.1 Å². The monoisotopic (exact) mass is 378 g/mol. The highest BCUT2D eigenvalue weighted by atomic mass is 79.9. The number of hydrogen-bond acceptors (Lipinski definition) is 5. The first-order valence-corrected chi connectivity index (χ1v) is 9.81. The number of aromatic nitrogens is 1. The molecular formula is C8H12BrClN2O4S2. The third-order valence-electron chi connectivity index (χ3n) is 1.30. The molecule has 1 heterocycles. The van der Waals surface area contributed by atoms with Crippen molar-refractivity contribution in [2.45, 2.75) is 6.54 Å². The summed E-state index contributed by atoms with van der Waals surface area (Å²) in [6.45, 7) is 0.269. The minimum absolute atomic E-state index is 0.269. The van der Waals surface area contributed by atoms with Crippen LogP contribution in [0.5, 0.6) is 0 Å². The number of sulfonamides is 1. The lowest BCUT2D eigenvalue weighted by Gasteiger charge is -2.01. The van der Waals surface area contributed by atoms with Crippen LogP contribution in [-0.4, -0.2) is 34.3 Å². The van der Waals surface area contributed by atoms with E-state index in [9.17, 15) is 16.8 Å². The van der Waals surface area contributed by atoms with Gasteiger partial charge in [-0.1, -0.05) is 0 Å². The molecule has 0 amide bonds. The number of pyridine rings is 1. The fraction of sp³-hybridized carbons (Fsp3) is 0.375. The molecule has 0 aliphatic carbocycles. The molecule has 10 heteroatoms. The van der Waals surface area contributed by atoms with Crippen LogP contribution in [0, 0.1) is 0 Å². The molecule has 0 saturated heterocycles. The molecule has 0 saturated carbocycles. The second-order valence-corrected chi connectivity index (χ2v) is 9.08. The van der Waals surface area contributed by atoms with Gasteiger partial charge in [0, 0.05) is 34.1 Å². The van der Waals surface area contributed by atoms with Crippen LogP contribution in [0.1, 0.15) is 5.56 Å². The van der Waals surface area contributed by atoms with Gasteiger partial charge in [-0.15, -0.1) is 0 Å². The quantitative estimate of drug-likeness (QED) is 0.793. The first-order valence-electron chi connectivity index (χ1n) is 4.41. The van der Waals surface area contributed by atoms with Crippen LogP contribution in [0.25, 0.3) is 0 Å². The Labute approximate surface area is 119 Å². The number of nitrogens with one attached hydrogen (secondary N) is 1. The third kappa shape index (κ3) is 13.8. The van der Waals surface area contributed by atoms with Gasteiger partial charge in [-0.2, -0.15) is 0 Å². The van der Waals surface area contributed by atoms with Gasteiger partial charge in [0.25, 0.3) is 0 Å². The van der Waals surface area contributed by atoms with Crippen LogP contribution in [0.2, 0.25) is 0 Å². The summed E-state index contributed by atoms with van der Waals surface area (Å²) in [5.74, 6) is 0. The standard InChI is InChI=1S/C7H9BrN2O2S.CH3ClO2S/c1-13(11,12)10-4-6-2-7(8)5-9-3-6;1-5(2,3)4/h2-3,5,10H,4H2,1H3;1H3. The lowest BCUT2D eigenvalue weighted by molar-refractivity contribution is 0.587. The summed E-state index contributed by atoms with van der Waals surface area (Å²) in [6.07, 6.45) is 5.31. The van der Waals surface area contributed by atoms with E-state index >= 15 is 0 Å². The van der Waals surface area contributed by atoms with E-state index in [0.717, 1.165) is 22.5 Å². The van der Waals surface area contributed by atoms with Gasteiger partial charge in [-0.25, -0.2) is 21.6 Å². The lowest BCUT2D eigenvalue weighted by Crippen LogP contribution is -2.21. The molecule has 1 rings (SSSR count). The van der Waals surface area contributed by atoms with E-state index in [4.69, 9.17) is 0 Å². The van der Waals surface area contributed by atoms with Crippen molar-refractivity contribution in [3.63, 3.8) is 0 Å². The molecule has 0 unspecified atom stereocenters. The van der Waals surface area contributed by atoms with Crippen LogP contribution in [0.4, 0.5) is 0 Å². The van der Waals surface area contributed by atoms with E-state index in [-0.39, 0.29) is 6.54 Å². The van der Waals surface area contributed by atoms with Crippen LogP contribution in [-0.2, 0) is 25.6 Å². The topological polar surface area (TPSA) is 93.2 Å². The Hall–Kier alpha value is -0.220. The molecule has 1 aromatic rings. The van der Waals surface area contributed by atoms with Crippen LogP contribution in [0.3, 0.4) is 0 Å². The Balaban J connectivity index is 0.000000494. The average molecular weight is 380 g/mol. The average Bonchev–Trinajstić information content (AvgIpc) is 2.11. The van der Waals surface area contributed by atoms with Gasteiger partial charge in [-0.05, 0) is 27.6 Å². The van der Waals surface area contributed by atoms with Crippen molar-refractivity contribution in [1.82, 2.24) is 9.71 Å². The molecule has 6 nitrogen and oxygen atoms in total. The maximum atomic E-state index is 10.7. The minimum atomic E-state index is -3.19. The molecule has 1 aromatic heterocycles. The van der Waals surface area contributed by atoms with Crippen LogP contribution < -0.4 is 4.72 Å². The van der Waals surface area contributed by atoms with E-state index in [1.54, 1.807) is 12.4 Å². The number of hydrogen-bond donors (Lipinski definition) is 1. The van der Waals surface area contributed by atoms with Gasteiger partial charge in [0.1, 0.15) is 0 Å². The number of rotatable bonds is 3. The maximum absolute atomic E-state index is 10.7. The number of halogens is 2. The number of nitrogens with zero attached hydrogens (tertiary/aromatic N) is 1. The van der Waals surface area contributed by atoms with Gasteiger partial charge in [0.15, 0.2) is 0 Å². The molecule has 0 aromatic carbocycles. The van der Waals surface area contributed by atoms with Crippen LogP contribution in [0.15, 0.2) is 22.9 Å². The molecule has 0 spiro atoms. The van der Waals surface area contributed by atoms with Crippen molar-refractivity contribution in [2.75, 3.05) is 12.5 Å². The van der Waals surface area contributed by atoms with Crippen molar-refractivity contribution in [1.29, 1.82) is 0 Å². The van der Waals surface area contributed by atoms with Crippen molar-refractivity contribution in [3.05, 3.63) is 28.5 Å². The normalized spacial score (nSPS) is 11.6. The Bertz CT molecular complexity index is 581.